The number of nitriles is 1. The maximum Gasteiger partial charge on any atom is 0.387 e. The molecule has 1 saturated heterocycles. The first kappa shape index (κ1) is 21.9. The molecule has 0 atom stereocenters. The fourth-order valence-corrected chi connectivity index (χ4v) is 3.75. The molecule has 3 aromatic rings. The highest BCUT2D eigenvalue weighted by atomic mass is 19.3. The number of halogens is 2. The van der Waals surface area contributed by atoms with Crippen molar-refractivity contribution in [2.75, 3.05) is 26.2 Å². The molecule has 0 saturated carbocycles. The van der Waals surface area contributed by atoms with E-state index >= 15 is 0 Å². The van der Waals surface area contributed by atoms with Crippen molar-refractivity contribution in [2.45, 2.75) is 26.1 Å². The molecule has 2 aromatic carbocycles. The first-order valence-corrected chi connectivity index (χ1v) is 10.4. The second kappa shape index (κ2) is 10.3. The van der Waals surface area contributed by atoms with Crippen molar-refractivity contribution in [3.05, 3.63) is 65.5 Å². The minimum absolute atomic E-state index is 0.0167. The maximum atomic E-state index is 12.7. The second-order valence-electron chi connectivity index (χ2n) is 7.60. The molecule has 0 radical (unpaired) electrons. The molecule has 0 unspecified atom stereocenters. The van der Waals surface area contributed by atoms with Crippen molar-refractivity contribution in [1.29, 1.82) is 5.26 Å². The Morgan fingerprint density at radius 1 is 1.00 bits per heavy atom. The molecule has 0 bridgehead atoms. The Balaban J connectivity index is 1.35. The quantitative estimate of drug-likeness (QED) is 0.552. The molecule has 1 fully saturated rings. The van der Waals surface area contributed by atoms with Gasteiger partial charge in [0.05, 0.1) is 23.7 Å². The molecule has 2 heterocycles. The zero-order valence-electron chi connectivity index (χ0n) is 17.5. The van der Waals surface area contributed by atoms with Gasteiger partial charge in [-0.1, -0.05) is 29.4 Å². The Labute approximate surface area is 184 Å². The predicted molar refractivity (Wildman–Crippen MR) is 113 cm³/mol. The number of rotatable bonds is 7. The van der Waals surface area contributed by atoms with Crippen LogP contribution >= 0.6 is 0 Å². The lowest BCUT2D eigenvalue weighted by Gasteiger charge is -2.21. The highest BCUT2D eigenvalue weighted by Crippen LogP contribution is 2.29. The summed E-state index contributed by atoms with van der Waals surface area (Å²) in [6, 6.07) is 16.2. The highest BCUT2D eigenvalue weighted by molar-refractivity contribution is 5.63. The molecule has 1 aliphatic rings. The SMILES string of the molecule is N#Cc1ccc(CN2CCCN(Cc3nc(-c4ccccc4OC(F)F)no3)CC2)cc1. The molecule has 1 aromatic heterocycles. The van der Waals surface area contributed by atoms with Gasteiger partial charge in [0.2, 0.25) is 11.7 Å². The van der Waals surface area contributed by atoms with E-state index in [9.17, 15) is 8.78 Å². The number of hydrogen-bond acceptors (Lipinski definition) is 7. The highest BCUT2D eigenvalue weighted by Gasteiger charge is 2.20. The Morgan fingerprint density at radius 3 is 2.44 bits per heavy atom. The van der Waals surface area contributed by atoms with E-state index in [1.807, 2.05) is 24.3 Å². The van der Waals surface area contributed by atoms with Crippen LogP contribution in [0.4, 0.5) is 8.78 Å². The molecule has 32 heavy (non-hydrogen) atoms. The van der Waals surface area contributed by atoms with Crippen molar-refractivity contribution >= 4 is 0 Å². The van der Waals surface area contributed by atoms with Gasteiger partial charge in [-0.05, 0) is 49.3 Å². The van der Waals surface area contributed by atoms with E-state index in [2.05, 4.69) is 30.7 Å². The van der Waals surface area contributed by atoms with Crippen LogP contribution in [-0.2, 0) is 13.1 Å². The van der Waals surface area contributed by atoms with Gasteiger partial charge in [-0.25, -0.2) is 0 Å². The van der Waals surface area contributed by atoms with Crippen molar-refractivity contribution in [1.82, 2.24) is 19.9 Å². The van der Waals surface area contributed by atoms with Gasteiger partial charge in [0.1, 0.15) is 5.75 Å². The van der Waals surface area contributed by atoms with Crippen LogP contribution in [0.5, 0.6) is 5.75 Å². The Kier molecular flexibility index (Phi) is 7.04. The first-order valence-electron chi connectivity index (χ1n) is 10.4. The second-order valence-corrected chi connectivity index (χ2v) is 7.60. The lowest BCUT2D eigenvalue weighted by molar-refractivity contribution is -0.0494. The van der Waals surface area contributed by atoms with E-state index in [1.165, 1.54) is 11.6 Å². The van der Waals surface area contributed by atoms with Crippen LogP contribution in [-0.4, -0.2) is 52.7 Å². The van der Waals surface area contributed by atoms with Crippen molar-refractivity contribution in [2.24, 2.45) is 0 Å². The summed E-state index contributed by atoms with van der Waals surface area (Å²) < 4.78 is 35.3. The third kappa shape index (κ3) is 5.66. The lowest BCUT2D eigenvalue weighted by Crippen LogP contribution is -2.30. The van der Waals surface area contributed by atoms with Crippen LogP contribution in [0.1, 0.15) is 23.4 Å². The van der Waals surface area contributed by atoms with Crippen molar-refractivity contribution in [3.63, 3.8) is 0 Å². The van der Waals surface area contributed by atoms with Gasteiger partial charge in [0, 0.05) is 19.6 Å². The number of nitrogens with zero attached hydrogens (tertiary/aromatic N) is 5. The monoisotopic (exact) mass is 439 g/mol. The molecule has 9 heteroatoms. The summed E-state index contributed by atoms with van der Waals surface area (Å²) in [5.74, 6) is 0.684. The van der Waals surface area contributed by atoms with E-state index in [-0.39, 0.29) is 11.6 Å². The lowest BCUT2D eigenvalue weighted by atomic mass is 10.1. The van der Waals surface area contributed by atoms with E-state index in [0.29, 0.717) is 23.6 Å². The summed E-state index contributed by atoms with van der Waals surface area (Å²) in [5.41, 5.74) is 2.22. The molecule has 0 spiro atoms. The smallest absolute Gasteiger partial charge is 0.387 e. The molecule has 4 rings (SSSR count). The zero-order valence-corrected chi connectivity index (χ0v) is 17.5. The maximum absolute atomic E-state index is 12.7. The summed E-state index contributed by atoms with van der Waals surface area (Å²) in [5, 5.41) is 12.9. The number of ether oxygens (including phenoxy) is 1. The standard InChI is InChI=1S/C23H23F2N5O2/c24-23(25)31-20-5-2-1-4-19(20)22-27-21(32-28-22)16-30-11-3-10-29(12-13-30)15-18-8-6-17(14-26)7-9-18/h1-2,4-9,23H,3,10-13,15-16H2. The fraction of sp³-hybridized carbons (Fsp3) is 0.348. The predicted octanol–water partition coefficient (Wildman–Crippen LogP) is 3.92. The van der Waals surface area contributed by atoms with E-state index < -0.39 is 6.61 Å². The van der Waals surface area contributed by atoms with Gasteiger partial charge < -0.3 is 9.26 Å². The third-order valence-corrected chi connectivity index (χ3v) is 5.34. The number of alkyl halides is 2. The molecule has 0 N–H and O–H groups in total. The van der Waals surface area contributed by atoms with E-state index in [4.69, 9.17) is 9.78 Å². The van der Waals surface area contributed by atoms with Crippen LogP contribution in [0.15, 0.2) is 53.1 Å². The minimum atomic E-state index is -2.92. The summed E-state index contributed by atoms with van der Waals surface area (Å²) >= 11 is 0. The zero-order chi connectivity index (χ0) is 22.3. The van der Waals surface area contributed by atoms with Crippen LogP contribution in [0.2, 0.25) is 0 Å². The van der Waals surface area contributed by atoms with Gasteiger partial charge in [-0.3, -0.25) is 9.80 Å². The molecular formula is C23H23F2N5O2. The van der Waals surface area contributed by atoms with Gasteiger partial charge in [-0.2, -0.15) is 19.0 Å². The topological polar surface area (TPSA) is 78.4 Å². The van der Waals surface area contributed by atoms with Crippen LogP contribution < -0.4 is 4.74 Å². The Bertz CT molecular complexity index is 1060. The average molecular weight is 439 g/mol. The number of hydrogen-bond donors (Lipinski definition) is 0. The largest absolute Gasteiger partial charge is 0.434 e. The van der Waals surface area contributed by atoms with Crippen molar-refractivity contribution in [3.8, 4) is 23.2 Å². The molecule has 7 nitrogen and oxygen atoms in total. The van der Waals surface area contributed by atoms with Crippen LogP contribution in [0.3, 0.4) is 0 Å². The molecule has 0 amide bonds. The normalized spacial score (nSPS) is 15.4. The van der Waals surface area contributed by atoms with Crippen LogP contribution in [0, 0.1) is 11.3 Å². The number of para-hydroxylation sites is 1. The molecule has 166 valence electrons. The third-order valence-electron chi connectivity index (χ3n) is 5.34. The Hall–Kier alpha value is -3.35. The number of aromatic nitrogens is 2. The van der Waals surface area contributed by atoms with Gasteiger partial charge in [-0.15, -0.1) is 0 Å². The molecule has 0 aliphatic carbocycles. The Morgan fingerprint density at radius 2 is 1.72 bits per heavy atom. The number of benzene rings is 2. The van der Waals surface area contributed by atoms with Crippen LogP contribution in [0.25, 0.3) is 11.4 Å². The van der Waals surface area contributed by atoms with E-state index in [0.717, 1.165) is 39.1 Å². The first-order chi connectivity index (χ1) is 15.6. The van der Waals surface area contributed by atoms with Gasteiger partial charge >= 0.3 is 6.61 Å². The summed E-state index contributed by atoms with van der Waals surface area (Å²) in [6.45, 7) is 2.02. The van der Waals surface area contributed by atoms with E-state index in [1.54, 1.807) is 18.2 Å². The summed E-state index contributed by atoms with van der Waals surface area (Å²) in [6.07, 6.45) is 1.00. The van der Waals surface area contributed by atoms with Crippen molar-refractivity contribution < 1.29 is 18.0 Å². The minimum Gasteiger partial charge on any atom is -0.434 e. The molecular weight excluding hydrogens is 416 g/mol. The van der Waals surface area contributed by atoms with Gasteiger partial charge in [0.15, 0.2) is 0 Å². The average Bonchev–Trinajstić information content (AvgIpc) is 3.14. The molecule has 1 aliphatic heterocycles. The van der Waals surface area contributed by atoms with Gasteiger partial charge in [0.25, 0.3) is 0 Å². The fourth-order valence-electron chi connectivity index (χ4n) is 3.75. The summed E-state index contributed by atoms with van der Waals surface area (Å²) in [4.78, 5) is 9.03. The summed E-state index contributed by atoms with van der Waals surface area (Å²) in [7, 11) is 0.